The molecule has 0 bridgehead atoms. The lowest BCUT2D eigenvalue weighted by molar-refractivity contribution is 0.0502. The van der Waals surface area contributed by atoms with Gasteiger partial charge in [0.05, 0.1) is 75.2 Å². The number of nitrogens with zero attached hydrogens (tertiary/aromatic N) is 2. The van der Waals surface area contributed by atoms with Crippen molar-refractivity contribution in [3.63, 3.8) is 0 Å². The van der Waals surface area contributed by atoms with Gasteiger partial charge in [-0.05, 0) is 180 Å². The maximum Gasteiger partial charge on any atom is 0.314 e. The van der Waals surface area contributed by atoms with Crippen molar-refractivity contribution in [3.05, 3.63) is 110 Å². The SMILES string of the molecule is CCCOCCOCCNS(=O)(=O)c1ccc(O[C@H]2c3cc(Cl)cc(OC)c3C[C@@H]2N2CCC[C@@H](N)C2)c(C)c1.CNC(=O)NCCCCNC(=O)NCCOCCOCCNS(=O)(=O)c1ccc(O[C@H]2c3cc(Cl)cc(C)c3C[C@@H]2N2CCC[C@@H](N)C2)c(C)c1. The number of piperidine rings is 2. The summed E-state index contributed by atoms with van der Waals surface area (Å²) >= 11 is 13.0. The van der Waals surface area contributed by atoms with Gasteiger partial charge in [0.25, 0.3) is 0 Å². The quantitative estimate of drug-likeness (QED) is 0.0233. The molecule has 0 radical (unpaired) electrons. The van der Waals surface area contributed by atoms with E-state index in [2.05, 4.69) is 47.4 Å². The molecule has 2 fully saturated rings. The van der Waals surface area contributed by atoms with E-state index in [4.69, 9.17) is 67.8 Å². The minimum absolute atomic E-state index is 0.0607. The maximum atomic E-state index is 13.1. The highest BCUT2D eigenvalue weighted by Crippen LogP contribution is 2.46. The molecule has 2 aliphatic carbocycles. The summed E-state index contributed by atoms with van der Waals surface area (Å²) in [7, 11) is -4.26. The number of likely N-dealkylation sites (tertiary alicyclic amines) is 2. The summed E-state index contributed by atoms with van der Waals surface area (Å²) < 4.78 is 97.9. The number of ether oxygens (including phenoxy) is 7. The third-order valence-corrected chi connectivity index (χ3v) is 19.8. The summed E-state index contributed by atoms with van der Waals surface area (Å²) in [6.07, 6.45) is 7.60. The van der Waals surface area contributed by atoms with E-state index in [-0.39, 0.29) is 91.1 Å². The molecule has 0 aromatic heterocycles. The number of hydrogen-bond donors (Lipinski definition) is 8. The van der Waals surface area contributed by atoms with Crippen LogP contribution in [-0.4, -0.2) is 189 Å². The van der Waals surface area contributed by atoms with Crippen LogP contribution < -0.4 is 56.4 Å². The number of urea groups is 2. The number of carbonyl (C=O) groups excluding carboxylic acids is 2. The summed E-state index contributed by atoms with van der Waals surface area (Å²) in [5.41, 5.74) is 19.7. The molecule has 0 saturated carbocycles. The second kappa shape index (κ2) is 36.5. The van der Waals surface area contributed by atoms with Gasteiger partial charge in [0.1, 0.15) is 29.5 Å². The number of halogens is 2. The Hall–Kier alpha value is -5.10. The van der Waals surface area contributed by atoms with Crippen LogP contribution in [0.5, 0.6) is 17.2 Å². The van der Waals surface area contributed by atoms with E-state index in [9.17, 15) is 26.4 Å². The Morgan fingerprint density at radius 3 is 1.48 bits per heavy atom. The van der Waals surface area contributed by atoms with Gasteiger partial charge in [0, 0.05) is 92.7 Å². The number of fused-ring (bicyclic) bond motifs is 2. The number of rotatable bonds is 33. The highest BCUT2D eigenvalue weighted by atomic mass is 35.5. The lowest BCUT2D eigenvalue weighted by atomic mass is 10.0. The number of sulfonamides is 2. The molecule has 506 valence electrons. The lowest BCUT2D eigenvalue weighted by Gasteiger charge is -2.38. The van der Waals surface area contributed by atoms with Crippen LogP contribution in [0.3, 0.4) is 0 Å². The van der Waals surface area contributed by atoms with Gasteiger partial charge in [-0.25, -0.2) is 35.9 Å². The minimum atomic E-state index is -3.77. The number of aryl methyl sites for hydroxylation is 3. The van der Waals surface area contributed by atoms with E-state index >= 15 is 0 Å². The van der Waals surface area contributed by atoms with Crippen LogP contribution in [0.2, 0.25) is 10.0 Å². The van der Waals surface area contributed by atoms with Crippen molar-refractivity contribution in [2.45, 2.75) is 132 Å². The number of hydrogen-bond acceptors (Lipinski definition) is 17. The fraction of sp³-hybridized carbons (Fsp3) is 0.594. The molecule has 0 spiro atoms. The standard InChI is InChI=1S/C35H54ClN7O7S.C29H42ClN3O6S/c1-24-19-26(36)21-30-29(24)22-31(43-14-6-7-27(37)23-43)33(30)50-32-9-8-28(20-25(32)2)51(46,47)42-13-16-49-18-17-48-15-12-41-35(45)40-11-5-4-10-39-34(44)38-3;1-4-11-37-13-14-38-12-9-32-40(34,35)23-7-8-27(20(2)15-23)39-29-25-16-21(30)17-28(36-3)24(25)18-26(29)33-10-5-6-22(31)19-33/h8-9,19-21,27,31,33,42H,4-7,10-18,22-23,37H2,1-3H3,(H2,38,39,44)(H2,40,41,45);7-8,15-17,22,26,29,32H,4-6,9-14,18-19,31H2,1-3H3/t27-,31+,33+;22-,26+,29+/m11/s1. The number of nitrogens with two attached hydrogens (primary N) is 2. The fourth-order valence-corrected chi connectivity index (χ4v) is 14.6. The zero-order chi connectivity index (χ0) is 65.5. The fourth-order valence-electron chi connectivity index (χ4n) is 11.9. The molecular weight excluding hydrogens is 1250 g/mol. The Balaban J connectivity index is 0.000000266. The number of carbonyl (C=O) groups is 2. The zero-order valence-corrected chi connectivity index (χ0v) is 56.7. The molecule has 8 rings (SSSR count). The monoisotopic (exact) mass is 1350 g/mol. The first-order valence-corrected chi connectivity index (χ1v) is 35.4. The molecule has 91 heavy (non-hydrogen) atoms. The van der Waals surface area contributed by atoms with Gasteiger partial charge >= 0.3 is 12.1 Å². The van der Waals surface area contributed by atoms with Crippen molar-refractivity contribution in [2.24, 2.45) is 11.5 Å². The number of methoxy groups -OCH3 is 1. The van der Waals surface area contributed by atoms with Crippen LogP contribution in [0.4, 0.5) is 9.59 Å². The molecule has 2 saturated heterocycles. The Kier molecular flexibility index (Phi) is 29.4. The van der Waals surface area contributed by atoms with E-state index in [1.807, 2.05) is 45.0 Å². The third kappa shape index (κ3) is 22.0. The summed E-state index contributed by atoms with van der Waals surface area (Å²) in [5.74, 6) is 2.00. The van der Waals surface area contributed by atoms with E-state index in [1.54, 1.807) is 50.6 Å². The summed E-state index contributed by atoms with van der Waals surface area (Å²) in [6.45, 7) is 15.9. The first kappa shape index (κ1) is 73.3. The largest absolute Gasteiger partial charge is 0.496 e. The van der Waals surface area contributed by atoms with Crippen LogP contribution >= 0.6 is 23.2 Å². The Morgan fingerprint density at radius 1 is 0.560 bits per heavy atom. The molecule has 23 nitrogen and oxygen atoms in total. The van der Waals surface area contributed by atoms with Crippen molar-refractivity contribution in [2.75, 3.05) is 126 Å². The topological polar surface area (TPSA) is 298 Å². The first-order valence-electron chi connectivity index (χ1n) is 31.7. The predicted octanol–water partition coefficient (Wildman–Crippen LogP) is 6.59. The third-order valence-electron chi connectivity index (χ3n) is 16.5. The van der Waals surface area contributed by atoms with Crippen LogP contribution in [0.1, 0.15) is 103 Å². The number of benzene rings is 4. The van der Waals surface area contributed by atoms with Gasteiger partial charge in [-0.2, -0.15) is 0 Å². The first-order chi connectivity index (χ1) is 43.7. The highest BCUT2D eigenvalue weighted by molar-refractivity contribution is 7.89. The average Bonchev–Trinajstić information content (AvgIpc) is 1.65. The molecule has 4 aromatic carbocycles. The maximum absolute atomic E-state index is 13.1. The second-order valence-electron chi connectivity index (χ2n) is 23.4. The number of unbranched alkanes of at least 4 members (excludes halogenated alkanes) is 1. The van der Waals surface area contributed by atoms with Gasteiger partial charge in [-0.1, -0.05) is 30.1 Å². The van der Waals surface area contributed by atoms with Crippen LogP contribution in [0.15, 0.2) is 70.5 Å². The highest BCUT2D eigenvalue weighted by Gasteiger charge is 2.43. The van der Waals surface area contributed by atoms with Gasteiger partial charge in [-0.3, -0.25) is 9.80 Å². The van der Waals surface area contributed by atoms with Crippen molar-refractivity contribution in [1.82, 2.24) is 40.5 Å². The van der Waals surface area contributed by atoms with Crippen LogP contribution in [-0.2, 0) is 51.8 Å². The molecule has 27 heteroatoms. The Morgan fingerprint density at radius 2 is 1.01 bits per heavy atom. The normalized spacial score (nSPS) is 20.0. The van der Waals surface area contributed by atoms with Crippen molar-refractivity contribution in [1.29, 1.82) is 0 Å². The molecule has 2 heterocycles. The van der Waals surface area contributed by atoms with Gasteiger partial charge in [0.2, 0.25) is 20.0 Å². The smallest absolute Gasteiger partial charge is 0.314 e. The zero-order valence-electron chi connectivity index (χ0n) is 53.6. The average molecular weight is 1350 g/mol. The Bertz CT molecular complexity index is 3230. The van der Waals surface area contributed by atoms with E-state index in [0.29, 0.717) is 79.8 Å². The van der Waals surface area contributed by atoms with Crippen LogP contribution in [0, 0.1) is 20.8 Å². The number of nitrogens with one attached hydrogen (secondary N) is 6. The van der Waals surface area contributed by atoms with Gasteiger partial charge in [-0.15, -0.1) is 0 Å². The molecule has 2 aliphatic heterocycles. The molecular formula is C64H96Cl2N10O13S2. The van der Waals surface area contributed by atoms with Gasteiger partial charge in [0.15, 0.2) is 0 Å². The Labute approximate surface area is 548 Å². The van der Waals surface area contributed by atoms with E-state index in [1.165, 1.54) is 5.56 Å². The summed E-state index contributed by atoms with van der Waals surface area (Å²) in [4.78, 5) is 28.0. The lowest BCUT2D eigenvalue weighted by Crippen LogP contribution is -2.49. The number of amides is 4. The second-order valence-corrected chi connectivity index (χ2v) is 27.8. The van der Waals surface area contributed by atoms with Gasteiger partial charge < -0.3 is 65.9 Å². The van der Waals surface area contributed by atoms with Crippen LogP contribution in [0.25, 0.3) is 0 Å². The summed E-state index contributed by atoms with van der Waals surface area (Å²) in [6, 6.07) is 17.5. The molecule has 4 aromatic rings. The van der Waals surface area contributed by atoms with Crippen molar-refractivity contribution in [3.8, 4) is 17.2 Å². The molecule has 0 unspecified atom stereocenters. The van der Waals surface area contributed by atoms with E-state index in [0.717, 1.165) is 118 Å². The minimum Gasteiger partial charge on any atom is -0.496 e. The molecule has 6 atom stereocenters. The van der Waals surface area contributed by atoms with Crippen molar-refractivity contribution < 1.29 is 59.6 Å². The van der Waals surface area contributed by atoms with Crippen molar-refractivity contribution >= 4 is 55.3 Å². The van der Waals surface area contributed by atoms with E-state index < -0.39 is 20.0 Å². The molecule has 4 amide bonds. The summed E-state index contributed by atoms with van der Waals surface area (Å²) in [5, 5.41) is 11.9. The molecule has 4 aliphatic rings. The predicted molar refractivity (Wildman–Crippen MR) is 353 cm³/mol. The molecule has 10 N–H and O–H groups in total.